The molecule has 1 aliphatic carbocycles. The first kappa shape index (κ1) is 11.4. The fourth-order valence-electron chi connectivity index (χ4n) is 3.39. The Bertz CT molecular complexity index is 206. The van der Waals surface area contributed by atoms with Crippen LogP contribution in [0, 0.1) is 5.41 Å². The second-order valence-corrected chi connectivity index (χ2v) is 6.96. The summed E-state index contributed by atoms with van der Waals surface area (Å²) in [5.41, 5.74) is 0.539. The first-order chi connectivity index (χ1) is 7.83. The molecule has 2 heterocycles. The first-order valence-corrected chi connectivity index (χ1v) is 7.95. The first-order valence-electron chi connectivity index (χ1n) is 6.80. The molecule has 1 N–H and O–H groups in total. The molecule has 0 aromatic carbocycles. The molecule has 1 saturated carbocycles. The summed E-state index contributed by atoms with van der Waals surface area (Å²) in [6.45, 7) is 2.22. The van der Waals surface area contributed by atoms with Crippen molar-refractivity contribution in [2.75, 3.05) is 24.7 Å². The minimum Gasteiger partial charge on any atom is -0.359 e. The van der Waals surface area contributed by atoms with Crippen LogP contribution in [0.4, 0.5) is 0 Å². The smallest absolute Gasteiger partial charge is 0.128 e. The quantitative estimate of drug-likeness (QED) is 0.704. The number of rotatable bonds is 0. The summed E-state index contributed by atoms with van der Waals surface area (Å²) in [6, 6.07) is 0. The van der Waals surface area contributed by atoms with E-state index in [1.165, 1.54) is 57.2 Å². The summed E-state index contributed by atoms with van der Waals surface area (Å²) in [6.07, 6.45) is 9.54. The molecule has 0 bridgehead atoms. The number of ether oxygens (including phenoxy) is 1. The van der Waals surface area contributed by atoms with Gasteiger partial charge in [-0.1, -0.05) is 19.3 Å². The van der Waals surface area contributed by atoms with Crippen LogP contribution in [0.5, 0.6) is 0 Å². The molecule has 2 nitrogen and oxygen atoms in total. The molecule has 16 heavy (non-hydrogen) atoms. The van der Waals surface area contributed by atoms with Gasteiger partial charge in [-0.2, -0.15) is 11.8 Å². The van der Waals surface area contributed by atoms with Crippen LogP contribution in [0.15, 0.2) is 0 Å². The van der Waals surface area contributed by atoms with E-state index in [0.717, 1.165) is 12.4 Å². The normalized spacial score (nSPS) is 39.0. The average Bonchev–Trinajstić information content (AvgIpc) is 2.36. The molecule has 0 aromatic heterocycles. The van der Waals surface area contributed by atoms with Gasteiger partial charge in [-0.15, -0.1) is 0 Å². The monoisotopic (exact) mass is 241 g/mol. The van der Waals surface area contributed by atoms with E-state index in [9.17, 15) is 0 Å². The number of hydrogen-bond acceptors (Lipinski definition) is 3. The Kier molecular flexibility index (Phi) is 3.20. The molecule has 3 heteroatoms. The number of hydrogen-bond donors (Lipinski definition) is 1. The lowest BCUT2D eigenvalue weighted by atomic mass is 9.73. The fourth-order valence-corrected chi connectivity index (χ4v) is 4.54. The number of nitrogens with one attached hydrogen (secondary N) is 1. The van der Waals surface area contributed by atoms with Crippen molar-refractivity contribution in [1.82, 2.24) is 5.32 Å². The van der Waals surface area contributed by atoms with Crippen molar-refractivity contribution in [1.29, 1.82) is 0 Å². The highest BCUT2D eigenvalue weighted by molar-refractivity contribution is 7.99. The molecule has 3 aliphatic rings. The van der Waals surface area contributed by atoms with Gasteiger partial charge in [0.25, 0.3) is 0 Å². The van der Waals surface area contributed by atoms with Crippen molar-refractivity contribution in [2.45, 2.75) is 50.7 Å². The molecular weight excluding hydrogens is 218 g/mol. The van der Waals surface area contributed by atoms with Gasteiger partial charge in [-0.25, -0.2) is 0 Å². The standard InChI is InChI=1S/C13H23NOS/c1-2-5-12(6-3-1)9-14-13(15-10-12)7-4-8-16-11-13/h14H,1-11H2. The second-order valence-electron chi connectivity index (χ2n) is 5.85. The highest BCUT2D eigenvalue weighted by Gasteiger charge is 2.44. The molecule has 1 atom stereocenters. The van der Waals surface area contributed by atoms with Crippen LogP contribution >= 0.6 is 11.8 Å². The van der Waals surface area contributed by atoms with Crippen LogP contribution in [0.2, 0.25) is 0 Å². The van der Waals surface area contributed by atoms with Crippen LogP contribution in [0.25, 0.3) is 0 Å². The minimum atomic E-state index is 0.0472. The van der Waals surface area contributed by atoms with Gasteiger partial charge in [0.1, 0.15) is 5.72 Å². The predicted octanol–water partition coefficient (Wildman–Crippen LogP) is 2.78. The molecule has 3 fully saturated rings. The van der Waals surface area contributed by atoms with Crippen molar-refractivity contribution >= 4 is 11.8 Å². The maximum absolute atomic E-state index is 6.27. The largest absolute Gasteiger partial charge is 0.359 e. The van der Waals surface area contributed by atoms with Gasteiger partial charge in [0.05, 0.1) is 6.61 Å². The van der Waals surface area contributed by atoms with E-state index in [1.807, 2.05) is 11.8 Å². The lowest BCUT2D eigenvalue weighted by Gasteiger charge is -2.50. The molecule has 2 spiro atoms. The summed E-state index contributed by atoms with van der Waals surface area (Å²) >= 11 is 2.05. The summed E-state index contributed by atoms with van der Waals surface area (Å²) < 4.78 is 6.27. The van der Waals surface area contributed by atoms with Crippen molar-refractivity contribution in [2.24, 2.45) is 5.41 Å². The van der Waals surface area contributed by atoms with Gasteiger partial charge in [-0.05, 0) is 31.4 Å². The summed E-state index contributed by atoms with van der Waals surface area (Å²) in [7, 11) is 0. The third kappa shape index (κ3) is 2.14. The van der Waals surface area contributed by atoms with Crippen molar-refractivity contribution < 1.29 is 4.74 Å². The Morgan fingerprint density at radius 1 is 1.00 bits per heavy atom. The predicted molar refractivity (Wildman–Crippen MR) is 68.8 cm³/mol. The zero-order valence-electron chi connectivity index (χ0n) is 10.1. The van der Waals surface area contributed by atoms with Crippen LogP contribution in [-0.4, -0.2) is 30.4 Å². The highest BCUT2D eigenvalue weighted by atomic mass is 32.2. The summed E-state index contributed by atoms with van der Waals surface area (Å²) in [5.74, 6) is 2.47. The zero-order valence-corrected chi connectivity index (χ0v) is 10.9. The Balaban J connectivity index is 1.61. The van der Waals surface area contributed by atoms with Gasteiger partial charge in [0.2, 0.25) is 0 Å². The molecule has 2 saturated heterocycles. The van der Waals surface area contributed by atoms with Crippen LogP contribution in [0.3, 0.4) is 0 Å². The van der Waals surface area contributed by atoms with E-state index in [2.05, 4.69) is 5.32 Å². The van der Waals surface area contributed by atoms with Gasteiger partial charge < -0.3 is 4.74 Å². The molecule has 3 rings (SSSR count). The van der Waals surface area contributed by atoms with Crippen LogP contribution < -0.4 is 5.32 Å². The van der Waals surface area contributed by atoms with E-state index in [-0.39, 0.29) is 5.72 Å². The Hall–Kier alpha value is 0.270. The van der Waals surface area contributed by atoms with Crippen molar-refractivity contribution in [3.63, 3.8) is 0 Å². The summed E-state index contributed by atoms with van der Waals surface area (Å²) in [4.78, 5) is 0. The van der Waals surface area contributed by atoms with Crippen LogP contribution in [-0.2, 0) is 4.74 Å². The van der Waals surface area contributed by atoms with Crippen molar-refractivity contribution in [3.8, 4) is 0 Å². The lowest BCUT2D eigenvalue weighted by molar-refractivity contribution is -0.145. The lowest BCUT2D eigenvalue weighted by Crippen LogP contribution is -2.61. The second kappa shape index (κ2) is 4.51. The van der Waals surface area contributed by atoms with E-state index in [0.29, 0.717) is 5.41 Å². The topological polar surface area (TPSA) is 21.3 Å². The van der Waals surface area contributed by atoms with E-state index in [1.54, 1.807) is 0 Å². The maximum atomic E-state index is 6.27. The Labute approximate surface area is 103 Å². The third-order valence-electron chi connectivity index (χ3n) is 4.56. The Morgan fingerprint density at radius 3 is 2.50 bits per heavy atom. The fraction of sp³-hybridized carbons (Fsp3) is 1.00. The minimum absolute atomic E-state index is 0.0472. The van der Waals surface area contributed by atoms with Crippen LogP contribution in [0.1, 0.15) is 44.9 Å². The molecule has 1 unspecified atom stereocenters. The van der Waals surface area contributed by atoms with Gasteiger partial charge in [0.15, 0.2) is 0 Å². The zero-order chi connectivity index (χ0) is 10.9. The van der Waals surface area contributed by atoms with Crippen molar-refractivity contribution in [3.05, 3.63) is 0 Å². The summed E-state index contributed by atoms with van der Waals surface area (Å²) in [5, 5.41) is 3.75. The number of thioether (sulfide) groups is 1. The SMILES string of the molecule is C1CCC2(CC1)CNC1(CCCSC1)OC2. The Morgan fingerprint density at radius 2 is 1.88 bits per heavy atom. The molecule has 92 valence electrons. The molecule has 0 aromatic rings. The van der Waals surface area contributed by atoms with E-state index >= 15 is 0 Å². The van der Waals surface area contributed by atoms with Gasteiger partial charge in [0, 0.05) is 17.7 Å². The molecule has 0 radical (unpaired) electrons. The third-order valence-corrected chi connectivity index (χ3v) is 5.81. The highest BCUT2D eigenvalue weighted by Crippen LogP contribution is 2.41. The van der Waals surface area contributed by atoms with Gasteiger partial charge >= 0.3 is 0 Å². The van der Waals surface area contributed by atoms with Gasteiger partial charge in [-0.3, -0.25) is 5.32 Å². The molecular formula is C13H23NOS. The molecule has 0 amide bonds. The van der Waals surface area contributed by atoms with E-state index < -0.39 is 0 Å². The average molecular weight is 241 g/mol. The maximum Gasteiger partial charge on any atom is 0.128 e. The van der Waals surface area contributed by atoms with E-state index in [4.69, 9.17) is 4.74 Å². The molecule has 2 aliphatic heterocycles.